The van der Waals surface area contributed by atoms with E-state index in [2.05, 4.69) is 20.7 Å². The Morgan fingerprint density at radius 2 is 2.45 bits per heavy atom. The van der Waals surface area contributed by atoms with Gasteiger partial charge in [0.25, 0.3) is 0 Å². The lowest BCUT2D eigenvalue weighted by Crippen LogP contribution is -2.46. The zero-order valence-electron chi connectivity index (χ0n) is 11.8. The highest BCUT2D eigenvalue weighted by atomic mass is 16.2. The van der Waals surface area contributed by atoms with Crippen molar-refractivity contribution in [1.29, 1.82) is 0 Å². The number of rotatable bonds is 6. The molecule has 0 aromatic carbocycles. The lowest BCUT2D eigenvalue weighted by Gasteiger charge is -2.31. The van der Waals surface area contributed by atoms with Crippen LogP contribution in [-0.2, 0) is 16.0 Å². The summed E-state index contributed by atoms with van der Waals surface area (Å²) in [4.78, 5) is 25.6. The number of aromatic nitrogens is 3. The summed E-state index contributed by atoms with van der Waals surface area (Å²) in [7, 11) is 0. The molecule has 0 bridgehead atoms. The van der Waals surface area contributed by atoms with Crippen LogP contribution in [0.5, 0.6) is 0 Å². The summed E-state index contributed by atoms with van der Waals surface area (Å²) in [6, 6.07) is 0. The molecule has 2 N–H and O–H groups in total. The van der Waals surface area contributed by atoms with Gasteiger partial charge in [0, 0.05) is 32.5 Å². The van der Waals surface area contributed by atoms with Crippen LogP contribution in [-0.4, -0.2) is 51.8 Å². The Labute approximate surface area is 118 Å². The third-order valence-corrected chi connectivity index (χ3v) is 3.51. The van der Waals surface area contributed by atoms with Gasteiger partial charge in [-0.15, -0.1) is 0 Å². The summed E-state index contributed by atoms with van der Waals surface area (Å²) in [6.45, 7) is 3.86. The molecule has 1 unspecified atom stereocenters. The predicted octanol–water partition coefficient (Wildman–Crippen LogP) is 0.112. The zero-order chi connectivity index (χ0) is 14.4. The second-order valence-corrected chi connectivity index (χ2v) is 5.08. The molecule has 2 heterocycles. The number of nitrogens with one attached hydrogen (secondary N) is 2. The molecule has 1 aliphatic heterocycles. The molecule has 2 rings (SSSR count). The van der Waals surface area contributed by atoms with Crippen LogP contribution in [0.15, 0.2) is 6.20 Å². The molecule has 0 spiro atoms. The highest BCUT2D eigenvalue weighted by Crippen LogP contribution is 2.17. The Morgan fingerprint density at radius 3 is 3.15 bits per heavy atom. The van der Waals surface area contributed by atoms with Crippen LogP contribution in [0.4, 0.5) is 0 Å². The van der Waals surface area contributed by atoms with Crippen LogP contribution in [0.25, 0.3) is 0 Å². The Hall–Kier alpha value is -1.92. The molecular formula is C13H21N5O2. The van der Waals surface area contributed by atoms with Gasteiger partial charge in [0.2, 0.25) is 11.8 Å². The number of carbonyl (C=O) groups is 2. The van der Waals surface area contributed by atoms with Crippen molar-refractivity contribution in [3.63, 3.8) is 0 Å². The van der Waals surface area contributed by atoms with Gasteiger partial charge < -0.3 is 10.2 Å². The number of H-pyrrole nitrogens is 1. The third-order valence-electron chi connectivity index (χ3n) is 3.51. The van der Waals surface area contributed by atoms with Crippen LogP contribution >= 0.6 is 0 Å². The molecule has 20 heavy (non-hydrogen) atoms. The van der Waals surface area contributed by atoms with Crippen molar-refractivity contribution in [3.05, 3.63) is 11.9 Å². The maximum absolute atomic E-state index is 12.1. The number of amides is 2. The van der Waals surface area contributed by atoms with Gasteiger partial charge in [0.05, 0.1) is 17.8 Å². The first kappa shape index (κ1) is 14.5. The maximum Gasteiger partial charge on any atom is 0.224 e. The standard InChI is InChI=1S/C13H21N5O2/c1-2-7-18-9-10(3-4-12(18)19)13(20)14-6-5-11-8-15-17-16-11/h8,10H,2-7,9H2,1H3,(H,14,20)(H,15,16,17). The van der Waals surface area contributed by atoms with E-state index in [0.29, 0.717) is 32.4 Å². The van der Waals surface area contributed by atoms with Gasteiger partial charge in [-0.3, -0.25) is 9.59 Å². The molecule has 1 aromatic rings. The van der Waals surface area contributed by atoms with Gasteiger partial charge in [-0.2, -0.15) is 15.4 Å². The maximum atomic E-state index is 12.1. The molecule has 1 fully saturated rings. The first-order valence-corrected chi connectivity index (χ1v) is 7.10. The van der Waals surface area contributed by atoms with Crippen molar-refractivity contribution in [2.75, 3.05) is 19.6 Å². The van der Waals surface area contributed by atoms with Gasteiger partial charge in [0.15, 0.2) is 0 Å². The molecule has 2 amide bonds. The average molecular weight is 279 g/mol. The number of aromatic amines is 1. The lowest BCUT2D eigenvalue weighted by atomic mass is 9.96. The highest BCUT2D eigenvalue weighted by Gasteiger charge is 2.29. The third kappa shape index (κ3) is 3.79. The Bertz CT molecular complexity index is 446. The van der Waals surface area contributed by atoms with E-state index < -0.39 is 0 Å². The van der Waals surface area contributed by atoms with E-state index in [-0.39, 0.29) is 17.7 Å². The number of nitrogens with zero attached hydrogens (tertiary/aromatic N) is 3. The quantitative estimate of drug-likeness (QED) is 0.773. The van der Waals surface area contributed by atoms with E-state index in [4.69, 9.17) is 0 Å². The largest absolute Gasteiger partial charge is 0.355 e. The van der Waals surface area contributed by atoms with E-state index in [1.807, 2.05) is 6.92 Å². The van der Waals surface area contributed by atoms with E-state index >= 15 is 0 Å². The summed E-state index contributed by atoms with van der Waals surface area (Å²) in [5.41, 5.74) is 0.830. The summed E-state index contributed by atoms with van der Waals surface area (Å²) in [5.74, 6) is 0.108. The van der Waals surface area contributed by atoms with Crippen LogP contribution in [0.1, 0.15) is 31.9 Å². The van der Waals surface area contributed by atoms with Gasteiger partial charge >= 0.3 is 0 Å². The average Bonchev–Trinajstić information content (AvgIpc) is 2.94. The second kappa shape index (κ2) is 7.02. The van der Waals surface area contributed by atoms with Crippen molar-refractivity contribution in [3.8, 4) is 0 Å². The Balaban J connectivity index is 1.75. The van der Waals surface area contributed by atoms with Crippen molar-refractivity contribution < 1.29 is 9.59 Å². The van der Waals surface area contributed by atoms with E-state index in [1.165, 1.54) is 0 Å². The van der Waals surface area contributed by atoms with E-state index in [0.717, 1.165) is 18.7 Å². The zero-order valence-corrected chi connectivity index (χ0v) is 11.8. The normalized spacial score (nSPS) is 19.1. The fourth-order valence-corrected chi connectivity index (χ4v) is 2.42. The smallest absolute Gasteiger partial charge is 0.224 e. The molecule has 0 radical (unpaired) electrons. The van der Waals surface area contributed by atoms with Gasteiger partial charge in [-0.1, -0.05) is 6.92 Å². The minimum absolute atomic E-state index is 0.0297. The summed E-state index contributed by atoms with van der Waals surface area (Å²) in [6.07, 6.45) is 4.35. The summed E-state index contributed by atoms with van der Waals surface area (Å²) in [5, 5.41) is 13.1. The molecule has 1 saturated heterocycles. The molecule has 7 nitrogen and oxygen atoms in total. The first-order valence-electron chi connectivity index (χ1n) is 7.10. The topological polar surface area (TPSA) is 91.0 Å². The lowest BCUT2D eigenvalue weighted by molar-refractivity contribution is -0.138. The Kier molecular flexibility index (Phi) is 5.09. The molecular weight excluding hydrogens is 258 g/mol. The number of hydrogen-bond acceptors (Lipinski definition) is 4. The van der Waals surface area contributed by atoms with Crippen molar-refractivity contribution in [1.82, 2.24) is 25.6 Å². The molecule has 7 heteroatoms. The summed E-state index contributed by atoms with van der Waals surface area (Å²) < 4.78 is 0. The van der Waals surface area contributed by atoms with Crippen LogP contribution < -0.4 is 5.32 Å². The number of carbonyl (C=O) groups excluding carboxylic acids is 2. The minimum atomic E-state index is -0.0865. The minimum Gasteiger partial charge on any atom is -0.355 e. The molecule has 1 aromatic heterocycles. The van der Waals surface area contributed by atoms with Gasteiger partial charge in [-0.05, 0) is 12.8 Å². The molecule has 1 atom stereocenters. The van der Waals surface area contributed by atoms with E-state index in [9.17, 15) is 9.59 Å². The number of hydrogen-bond donors (Lipinski definition) is 2. The van der Waals surface area contributed by atoms with E-state index in [1.54, 1.807) is 11.1 Å². The van der Waals surface area contributed by atoms with Gasteiger partial charge in [0.1, 0.15) is 0 Å². The van der Waals surface area contributed by atoms with Gasteiger partial charge in [-0.25, -0.2) is 0 Å². The molecule has 0 saturated carbocycles. The van der Waals surface area contributed by atoms with Crippen LogP contribution in [0.2, 0.25) is 0 Å². The number of piperidine rings is 1. The van der Waals surface area contributed by atoms with Crippen LogP contribution in [0.3, 0.4) is 0 Å². The molecule has 110 valence electrons. The Morgan fingerprint density at radius 1 is 1.60 bits per heavy atom. The fraction of sp³-hybridized carbons (Fsp3) is 0.692. The van der Waals surface area contributed by atoms with Crippen molar-refractivity contribution in [2.45, 2.75) is 32.6 Å². The number of likely N-dealkylation sites (tertiary alicyclic amines) is 1. The van der Waals surface area contributed by atoms with Crippen molar-refractivity contribution in [2.24, 2.45) is 5.92 Å². The highest BCUT2D eigenvalue weighted by molar-refractivity contribution is 5.83. The monoisotopic (exact) mass is 279 g/mol. The predicted molar refractivity (Wildman–Crippen MR) is 72.7 cm³/mol. The van der Waals surface area contributed by atoms with Crippen LogP contribution in [0, 0.1) is 5.92 Å². The summed E-state index contributed by atoms with van der Waals surface area (Å²) >= 11 is 0. The molecule has 0 aliphatic carbocycles. The molecule has 1 aliphatic rings. The fourth-order valence-electron chi connectivity index (χ4n) is 2.42. The van der Waals surface area contributed by atoms with Crippen molar-refractivity contribution >= 4 is 11.8 Å². The first-order chi connectivity index (χ1) is 9.70. The second-order valence-electron chi connectivity index (χ2n) is 5.08. The SMILES string of the molecule is CCCN1CC(C(=O)NCCc2cn[nH]n2)CCC1=O.